The third-order valence-corrected chi connectivity index (χ3v) is 4.15. The summed E-state index contributed by atoms with van der Waals surface area (Å²) < 4.78 is 6.60. The number of rotatable bonds is 6. The van der Waals surface area contributed by atoms with Gasteiger partial charge in [0, 0.05) is 12.6 Å². The van der Waals surface area contributed by atoms with Crippen LogP contribution in [0.25, 0.3) is 0 Å². The number of ether oxygens (including phenoxy) is 1. The van der Waals surface area contributed by atoms with Crippen LogP contribution in [0.4, 0.5) is 16.6 Å². The summed E-state index contributed by atoms with van der Waals surface area (Å²) in [6, 6.07) is 7.40. The first-order valence-electron chi connectivity index (χ1n) is 6.97. The lowest BCUT2D eigenvalue weighted by Crippen LogP contribution is -2.05. The van der Waals surface area contributed by atoms with E-state index in [-0.39, 0.29) is 12.4 Å². The molecular formula is C14H14N6O3S. The van der Waals surface area contributed by atoms with E-state index in [4.69, 9.17) is 4.74 Å². The molecule has 124 valence electrons. The molecule has 3 aromatic rings. The number of nitrogens with zero attached hydrogens (tertiary/aromatic N) is 5. The van der Waals surface area contributed by atoms with Crippen LogP contribution >= 0.6 is 11.3 Å². The maximum absolute atomic E-state index is 11.0. The van der Waals surface area contributed by atoms with E-state index in [1.54, 1.807) is 14.0 Å². The van der Waals surface area contributed by atoms with Crippen LogP contribution in [0.3, 0.4) is 0 Å². The molecule has 10 heteroatoms. The van der Waals surface area contributed by atoms with E-state index < -0.39 is 4.92 Å². The van der Waals surface area contributed by atoms with Crippen molar-refractivity contribution >= 4 is 28.0 Å². The fraction of sp³-hybridized carbons (Fsp3) is 0.214. The van der Waals surface area contributed by atoms with Crippen molar-refractivity contribution in [3.8, 4) is 5.75 Å². The van der Waals surface area contributed by atoms with Gasteiger partial charge in [0.1, 0.15) is 18.5 Å². The maximum atomic E-state index is 11.0. The highest BCUT2D eigenvalue weighted by Crippen LogP contribution is 2.24. The topological polar surface area (TPSA) is 108 Å². The minimum absolute atomic E-state index is 0.0626. The van der Waals surface area contributed by atoms with Crippen LogP contribution in [0, 0.1) is 17.0 Å². The van der Waals surface area contributed by atoms with Crippen LogP contribution in [-0.4, -0.2) is 31.8 Å². The third-order valence-electron chi connectivity index (χ3n) is 3.32. The van der Waals surface area contributed by atoms with Gasteiger partial charge in [0.25, 0.3) is 0 Å². The second-order valence-corrected chi connectivity index (χ2v) is 5.92. The minimum atomic E-state index is -0.461. The molecule has 0 radical (unpaired) electrons. The summed E-state index contributed by atoms with van der Waals surface area (Å²) in [5.41, 5.74) is 0.850. The number of nitrogens with one attached hydrogen (secondary N) is 1. The van der Waals surface area contributed by atoms with E-state index in [0.29, 0.717) is 16.0 Å². The number of methoxy groups -OCH3 is 1. The molecule has 0 fully saturated rings. The molecule has 0 saturated carbocycles. The van der Waals surface area contributed by atoms with Gasteiger partial charge in [-0.1, -0.05) is 11.3 Å². The lowest BCUT2D eigenvalue weighted by Gasteiger charge is -2.03. The van der Waals surface area contributed by atoms with Crippen molar-refractivity contribution in [1.29, 1.82) is 0 Å². The number of hydrogen-bond donors (Lipinski definition) is 1. The Morgan fingerprint density at radius 1 is 1.33 bits per heavy atom. The SMILES string of the molecule is COc1ccc(Nc2nnc(Cn3c([N+](=O)[O-])cnc3C)s2)cc1. The maximum Gasteiger partial charge on any atom is 0.343 e. The molecule has 0 aliphatic heterocycles. The molecule has 0 atom stereocenters. The molecule has 2 heterocycles. The van der Waals surface area contributed by atoms with Crippen molar-refractivity contribution in [2.24, 2.45) is 0 Å². The van der Waals surface area contributed by atoms with Crippen LogP contribution in [0.5, 0.6) is 5.75 Å². The molecule has 9 nitrogen and oxygen atoms in total. The second kappa shape index (κ2) is 6.62. The molecule has 0 saturated heterocycles. The van der Waals surface area contributed by atoms with E-state index in [0.717, 1.165) is 11.4 Å². The van der Waals surface area contributed by atoms with Crippen LogP contribution in [0.1, 0.15) is 10.8 Å². The van der Waals surface area contributed by atoms with Gasteiger partial charge < -0.3 is 20.2 Å². The molecule has 0 aliphatic carbocycles. The fourth-order valence-corrected chi connectivity index (χ4v) is 2.85. The van der Waals surface area contributed by atoms with Gasteiger partial charge in [-0.2, -0.15) is 0 Å². The van der Waals surface area contributed by atoms with Crippen LogP contribution in [0.15, 0.2) is 30.5 Å². The first kappa shape index (κ1) is 15.9. The summed E-state index contributed by atoms with van der Waals surface area (Å²) in [5, 5.41) is 23.5. The highest BCUT2D eigenvalue weighted by atomic mass is 32.1. The smallest absolute Gasteiger partial charge is 0.343 e. The Morgan fingerprint density at radius 2 is 2.08 bits per heavy atom. The number of hydrogen-bond acceptors (Lipinski definition) is 8. The summed E-state index contributed by atoms with van der Waals surface area (Å²) in [6.07, 6.45) is 1.24. The van der Waals surface area contributed by atoms with Gasteiger partial charge in [0.15, 0.2) is 10.8 Å². The number of nitro groups is 1. The van der Waals surface area contributed by atoms with E-state index in [1.165, 1.54) is 22.1 Å². The van der Waals surface area contributed by atoms with Crippen molar-refractivity contribution in [2.75, 3.05) is 12.4 Å². The average Bonchev–Trinajstić information content (AvgIpc) is 3.16. The Labute approximate surface area is 141 Å². The number of aryl methyl sites for hydroxylation is 1. The third kappa shape index (κ3) is 3.33. The normalized spacial score (nSPS) is 10.6. The average molecular weight is 346 g/mol. The highest BCUT2D eigenvalue weighted by molar-refractivity contribution is 7.15. The zero-order valence-electron chi connectivity index (χ0n) is 13.0. The molecule has 0 unspecified atom stereocenters. The summed E-state index contributed by atoms with van der Waals surface area (Å²) >= 11 is 1.33. The van der Waals surface area contributed by atoms with Crippen molar-refractivity contribution in [1.82, 2.24) is 19.7 Å². The summed E-state index contributed by atoms with van der Waals surface area (Å²) in [6.45, 7) is 1.97. The summed E-state index contributed by atoms with van der Waals surface area (Å²) in [7, 11) is 1.61. The van der Waals surface area contributed by atoms with Gasteiger partial charge in [-0.05, 0) is 29.2 Å². The van der Waals surface area contributed by atoms with E-state index in [1.807, 2.05) is 24.3 Å². The lowest BCUT2D eigenvalue weighted by molar-refractivity contribution is -0.392. The van der Waals surface area contributed by atoms with Crippen molar-refractivity contribution in [2.45, 2.75) is 13.5 Å². The molecule has 0 amide bonds. The number of benzene rings is 1. The van der Waals surface area contributed by atoms with E-state index in [9.17, 15) is 10.1 Å². The molecule has 1 N–H and O–H groups in total. The molecule has 3 rings (SSSR count). The first-order chi connectivity index (χ1) is 11.6. The van der Waals surface area contributed by atoms with Crippen LogP contribution in [-0.2, 0) is 6.54 Å². The van der Waals surface area contributed by atoms with Gasteiger partial charge in [0.2, 0.25) is 5.13 Å². The Hall–Kier alpha value is -3.01. The van der Waals surface area contributed by atoms with Gasteiger partial charge in [-0.25, -0.2) is 9.55 Å². The van der Waals surface area contributed by atoms with Crippen LogP contribution < -0.4 is 10.1 Å². The van der Waals surface area contributed by atoms with Gasteiger partial charge in [-0.15, -0.1) is 10.2 Å². The number of anilines is 2. The molecule has 24 heavy (non-hydrogen) atoms. The molecule has 2 aromatic heterocycles. The van der Waals surface area contributed by atoms with Gasteiger partial charge >= 0.3 is 5.82 Å². The standard InChI is InChI=1S/C14H14N6O3S/c1-9-15-7-13(20(21)22)19(9)8-12-17-18-14(24-12)16-10-3-5-11(23-2)6-4-10/h3-7H,8H2,1-2H3,(H,16,18). The number of imidazole rings is 1. The lowest BCUT2D eigenvalue weighted by atomic mass is 10.3. The van der Waals surface area contributed by atoms with Gasteiger partial charge in [-0.3, -0.25) is 0 Å². The number of aromatic nitrogens is 4. The van der Waals surface area contributed by atoms with Crippen LogP contribution in [0.2, 0.25) is 0 Å². The molecule has 0 aliphatic rings. The first-order valence-corrected chi connectivity index (χ1v) is 7.78. The van der Waals surface area contributed by atoms with E-state index >= 15 is 0 Å². The molecular weight excluding hydrogens is 332 g/mol. The van der Waals surface area contributed by atoms with Crippen molar-refractivity contribution in [3.63, 3.8) is 0 Å². The molecule has 1 aromatic carbocycles. The Morgan fingerprint density at radius 3 is 2.75 bits per heavy atom. The second-order valence-electron chi connectivity index (χ2n) is 4.86. The zero-order valence-corrected chi connectivity index (χ0v) is 13.8. The Bertz CT molecular complexity index is 858. The zero-order chi connectivity index (χ0) is 17.1. The van der Waals surface area contributed by atoms with Crippen molar-refractivity contribution < 1.29 is 9.66 Å². The summed E-state index contributed by atoms with van der Waals surface area (Å²) in [4.78, 5) is 14.5. The predicted molar refractivity (Wildman–Crippen MR) is 88.9 cm³/mol. The summed E-state index contributed by atoms with van der Waals surface area (Å²) in [5.74, 6) is 1.26. The largest absolute Gasteiger partial charge is 0.497 e. The predicted octanol–water partition coefficient (Wildman–Crippen LogP) is 2.75. The van der Waals surface area contributed by atoms with E-state index in [2.05, 4.69) is 20.5 Å². The minimum Gasteiger partial charge on any atom is -0.497 e. The van der Waals surface area contributed by atoms with Crippen molar-refractivity contribution in [3.05, 3.63) is 51.4 Å². The molecule has 0 bridgehead atoms. The van der Waals surface area contributed by atoms with Gasteiger partial charge in [0.05, 0.1) is 7.11 Å². The Kier molecular flexibility index (Phi) is 4.38. The molecule has 0 spiro atoms. The quantitative estimate of drug-likeness (QED) is 0.540. The fourth-order valence-electron chi connectivity index (χ4n) is 2.10. The Balaban J connectivity index is 1.74. The highest BCUT2D eigenvalue weighted by Gasteiger charge is 2.19. The monoisotopic (exact) mass is 346 g/mol.